The summed E-state index contributed by atoms with van der Waals surface area (Å²) in [5.74, 6) is 0. The zero-order chi connectivity index (χ0) is 16.4. The fourth-order valence-electron chi connectivity index (χ4n) is 2.14. The van der Waals surface area contributed by atoms with E-state index in [1.165, 1.54) is 21.9 Å². The summed E-state index contributed by atoms with van der Waals surface area (Å²) < 4.78 is 27.4. The summed E-state index contributed by atoms with van der Waals surface area (Å²) in [5.41, 5.74) is 1.35. The molecule has 23 heavy (non-hydrogen) atoms. The quantitative estimate of drug-likeness (QED) is 0.704. The third kappa shape index (κ3) is 3.57. The van der Waals surface area contributed by atoms with E-state index in [-0.39, 0.29) is 6.54 Å². The third-order valence-electron chi connectivity index (χ3n) is 3.13. The Bertz CT molecular complexity index is 903. The molecule has 0 unspecified atom stereocenters. The van der Waals surface area contributed by atoms with E-state index in [0.717, 1.165) is 10.7 Å². The van der Waals surface area contributed by atoms with Crippen LogP contribution < -0.4 is 4.31 Å². The lowest BCUT2D eigenvalue weighted by atomic mass is 10.3. The Morgan fingerprint density at radius 1 is 1.26 bits per heavy atom. The van der Waals surface area contributed by atoms with Crippen LogP contribution in [0.1, 0.15) is 10.0 Å². The van der Waals surface area contributed by atoms with Gasteiger partial charge in [0.05, 0.1) is 24.2 Å². The zero-order valence-corrected chi connectivity index (χ0v) is 14.3. The van der Waals surface area contributed by atoms with Crippen LogP contribution in [0.25, 0.3) is 5.69 Å². The molecule has 120 valence electrons. The number of anilines is 1. The largest absolute Gasteiger partial charge is 0.263 e. The summed E-state index contributed by atoms with van der Waals surface area (Å²) in [6.07, 6.45) is 4.66. The van der Waals surface area contributed by atoms with Gasteiger partial charge in [-0.1, -0.05) is 17.4 Å². The van der Waals surface area contributed by atoms with Crippen molar-refractivity contribution < 1.29 is 8.42 Å². The van der Waals surface area contributed by atoms with Crippen molar-refractivity contribution in [3.8, 4) is 5.69 Å². The Kier molecular flexibility index (Phi) is 4.14. The number of benzene rings is 1. The van der Waals surface area contributed by atoms with Crippen molar-refractivity contribution in [2.24, 2.45) is 0 Å². The van der Waals surface area contributed by atoms with Crippen LogP contribution in [0.5, 0.6) is 0 Å². The number of hydrogen-bond donors (Lipinski definition) is 0. The summed E-state index contributed by atoms with van der Waals surface area (Å²) >= 11 is 1.38. The summed E-state index contributed by atoms with van der Waals surface area (Å²) in [6, 6.07) is 9.01. The maximum absolute atomic E-state index is 12.2. The van der Waals surface area contributed by atoms with E-state index in [9.17, 15) is 8.42 Å². The molecule has 0 fully saturated rings. The Morgan fingerprint density at radius 3 is 2.70 bits per heavy atom. The molecule has 0 radical (unpaired) electrons. The van der Waals surface area contributed by atoms with Gasteiger partial charge in [-0.15, -0.1) is 10.2 Å². The van der Waals surface area contributed by atoms with Crippen molar-refractivity contribution in [3.05, 3.63) is 52.7 Å². The van der Waals surface area contributed by atoms with Crippen molar-refractivity contribution in [2.75, 3.05) is 10.6 Å². The van der Waals surface area contributed by atoms with Crippen molar-refractivity contribution >= 4 is 27.0 Å². The molecule has 3 rings (SSSR count). The van der Waals surface area contributed by atoms with Crippen molar-refractivity contribution in [2.45, 2.75) is 13.5 Å². The van der Waals surface area contributed by atoms with Crippen LogP contribution in [-0.4, -0.2) is 34.7 Å². The first-order chi connectivity index (χ1) is 10.9. The van der Waals surface area contributed by atoms with E-state index in [1.807, 2.05) is 19.1 Å². The lowest BCUT2D eigenvalue weighted by molar-refractivity contribution is 0.596. The monoisotopic (exact) mass is 349 g/mol. The second-order valence-electron chi connectivity index (χ2n) is 4.95. The molecule has 9 heteroatoms. The van der Waals surface area contributed by atoms with Crippen LogP contribution in [0.2, 0.25) is 0 Å². The van der Waals surface area contributed by atoms with Crippen LogP contribution >= 0.6 is 11.3 Å². The summed E-state index contributed by atoms with van der Waals surface area (Å²) in [6.45, 7) is 2.00. The summed E-state index contributed by atoms with van der Waals surface area (Å²) in [5, 5.41) is 13.6. The van der Waals surface area contributed by atoms with Crippen LogP contribution in [0.4, 0.5) is 5.69 Å². The highest BCUT2D eigenvalue weighted by Crippen LogP contribution is 2.24. The van der Waals surface area contributed by atoms with E-state index < -0.39 is 10.0 Å². The second-order valence-corrected chi connectivity index (χ2v) is 8.13. The molecule has 0 amide bonds. The molecule has 0 aliphatic rings. The highest BCUT2D eigenvalue weighted by Gasteiger charge is 2.20. The van der Waals surface area contributed by atoms with Crippen molar-refractivity contribution in [3.63, 3.8) is 0 Å². The van der Waals surface area contributed by atoms with Crippen molar-refractivity contribution in [1.29, 1.82) is 0 Å². The molecular weight excluding hydrogens is 334 g/mol. The lowest BCUT2D eigenvalue weighted by Gasteiger charge is -2.21. The minimum Gasteiger partial charge on any atom is -0.263 e. The average Bonchev–Trinajstić information content (AvgIpc) is 3.15. The fraction of sp³-hybridized carbons (Fsp3) is 0.214. The minimum absolute atomic E-state index is 0.160. The number of sulfonamides is 1. The maximum Gasteiger partial charge on any atom is 0.232 e. The van der Waals surface area contributed by atoms with Crippen LogP contribution in [0.3, 0.4) is 0 Å². The van der Waals surface area contributed by atoms with Gasteiger partial charge in [-0.3, -0.25) is 4.31 Å². The van der Waals surface area contributed by atoms with Crippen LogP contribution in [0.15, 0.2) is 42.7 Å². The van der Waals surface area contributed by atoms with E-state index in [0.29, 0.717) is 10.7 Å². The number of rotatable bonds is 5. The standard InChI is InChI=1S/C14H15N5O2S2/c1-11-16-17-14(22-11)10-19(23(2,20)21)13-6-3-5-12(9-13)18-8-4-7-15-18/h3-9H,10H2,1-2H3. The number of aryl methyl sites for hydroxylation is 1. The van der Waals surface area contributed by atoms with Gasteiger partial charge < -0.3 is 0 Å². The Hall–Kier alpha value is -2.26. The number of nitrogens with zero attached hydrogens (tertiary/aromatic N) is 5. The van der Waals surface area contributed by atoms with Gasteiger partial charge in [0, 0.05) is 12.4 Å². The van der Waals surface area contributed by atoms with Gasteiger partial charge in [0.2, 0.25) is 10.0 Å². The Labute approximate surface area is 138 Å². The third-order valence-corrected chi connectivity index (χ3v) is 5.10. The molecule has 7 nitrogen and oxygen atoms in total. The molecule has 0 atom stereocenters. The summed E-state index contributed by atoms with van der Waals surface area (Å²) in [7, 11) is -3.45. The zero-order valence-electron chi connectivity index (χ0n) is 12.6. The van der Waals surface area contributed by atoms with Gasteiger partial charge in [-0.25, -0.2) is 13.1 Å². The first-order valence-electron chi connectivity index (χ1n) is 6.80. The van der Waals surface area contributed by atoms with Gasteiger partial charge in [-0.2, -0.15) is 5.10 Å². The average molecular weight is 349 g/mol. The molecule has 0 N–H and O–H groups in total. The van der Waals surface area contributed by atoms with Crippen LogP contribution in [-0.2, 0) is 16.6 Å². The van der Waals surface area contributed by atoms with Gasteiger partial charge in [0.1, 0.15) is 10.0 Å². The Morgan fingerprint density at radius 2 is 2.09 bits per heavy atom. The fourth-order valence-corrected chi connectivity index (χ4v) is 3.77. The SMILES string of the molecule is Cc1nnc(CN(c2cccc(-n3cccn3)c2)S(C)(=O)=O)s1. The van der Waals surface area contributed by atoms with Crippen LogP contribution in [0, 0.1) is 6.92 Å². The molecule has 0 bridgehead atoms. The number of aromatic nitrogens is 4. The first-order valence-corrected chi connectivity index (χ1v) is 9.47. The summed E-state index contributed by atoms with van der Waals surface area (Å²) in [4.78, 5) is 0. The highest BCUT2D eigenvalue weighted by molar-refractivity contribution is 7.92. The molecule has 2 aromatic heterocycles. The van der Waals surface area contributed by atoms with E-state index in [4.69, 9.17) is 0 Å². The van der Waals surface area contributed by atoms with E-state index in [1.54, 1.807) is 35.3 Å². The lowest BCUT2D eigenvalue weighted by Crippen LogP contribution is -2.29. The topological polar surface area (TPSA) is 81.0 Å². The molecule has 0 spiro atoms. The highest BCUT2D eigenvalue weighted by atomic mass is 32.2. The van der Waals surface area contributed by atoms with Crippen molar-refractivity contribution in [1.82, 2.24) is 20.0 Å². The van der Waals surface area contributed by atoms with E-state index in [2.05, 4.69) is 15.3 Å². The molecule has 1 aromatic carbocycles. The molecule has 3 aromatic rings. The van der Waals surface area contributed by atoms with Gasteiger partial charge in [0.25, 0.3) is 0 Å². The molecule has 2 heterocycles. The predicted molar refractivity (Wildman–Crippen MR) is 89.2 cm³/mol. The maximum atomic E-state index is 12.2. The first kappa shape index (κ1) is 15.6. The second kappa shape index (κ2) is 6.09. The predicted octanol–water partition coefficient (Wildman–Crippen LogP) is 2.00. The minimum atomic E-state index is -3.45. The Balaban J connectivity index is 1.99. The molecule has 0 saturated carbocycles. The number of hydrogen-bond acceptors (Lipinski definition) is 6. The molecule has 0 saturated heterocycles. The van der Waals surface area contributed by atoms with Gasteiger partial charge in [0.15, 0.2) is 0 Å². The van der Waals surface area contributed by atoms with E-state index >= 15 is 0 Å². The normalized spacial score (nSPS) is 11.6. The van der Waals surface area contributed by atoms with Gasteiger partial charge in [-0.05, 0) is 31.2 Å². The molecule has 0 aliphatic heterocycles. The molecule has 0 aliphatic carbocycles. The molecular formula is C14H15N5O2S2. The smallest absolute Gasteiger partial charge is 0.232 e. The van der Waals surface area contributed by atoms with Gasteiger partial charge >= 0.3 is 0 Å².